The van der Waals surface area contributed by atoms with E-state index in [1.165, 1.54) is 18.3 Å². The van der Waals surface area contributed by atoms with Crippen molar-refractivity contribution in [1.82, 2.24) is 0 Å². The molecular weight excluding hydrogens is 377 g/mol. The number of methoxy groups -OCH3 is 1. The van der Waals surface area contributed by atoms with Gasteiger partial charge in [-0.2, -0.15) is 0 Å². The third-order valence-electron chi connectivity index (χ3n) is 3.45. The maximum absolute atomic E-state index is 13.7. The van der Waals surface area contributed by atoms with Gasteiger partial charge in [-0.25, -0.2) is 4.39 Å². The molecule has 0 radical (unpaired) electrons. The van der Waals surface area contributed by atoms with Gasteiger partial charge in [0.1, 0.15) is 40.0 Å². The summed E-state index contributed by atoms with van der Waals surface area (Å²) in [5.41, 5.74) is 1.000. The predicted octanol–water partition coefficient (Wildman–Crippen LogP) is 4.95. The van der Waals surface area contributed by atoms with Gasteiger partial charge in [0.2, 0.25) is 0 Å². The van der Waals surface area contributed by atoms with Crippen LogP contribution < -0.4 is 9.47 Å². The van der Waals surface area contributed by atoms with Crippen LogP contribution in [0.25, 0.3) is 0 Å². The second kappa shape index (κ2) is 8.75. The summed E-state index contributed by atoms with van der Waals surface area (Å²) < 4.78 is 40.2. The third kappa shape index (κ3) is 5.62. The fraction of sp³-hybridized carbons (Fsp3) is 0.316. The molecule has 4 nitrogen and oxygen atoms in total. The molecule has 0 aliphatic heterocycles. The molecule has 0 spiro atoms. The Morgan fingerprint density at radius 2 is 1.81 bits per heavy atom. The Morgan fingerprint density at radius 1 is 1.19 bits per heavy atom. The molecule has 0 bridgehead atoms. The quantitative estimate of drug-likeness (QED) is 0.512. The zero-order valence-corrected chi connectivity index (χ0v) is 16.7. The van der Waals surface area contributed by atoms with Crippen LogP contribution in [-0.2, 0) is 18.0 Å². The van der Waals surface area contributed by atoms with Gasteiger partial charge in [-0.05, 0) is 57.2 Å². The highest BCUT2D eigenvalue weighted by Crippen LogP contribution is 2.25. The molecule has 0 aliphatic carbocycles. The molecule has 140 valence electrons. The molecule has 0 saturated carbocycles. The Morgan fingerprint density at radius 3 is 2.38 bits per heavy atom. The lowest BCUT2D eigenvalue weighted by atomic mass is 10.1. The van der Waals surface area contributed by atoms with Crippen molar-refractivity contribution in [2.45, 2.75) is 32.1 Å². The van der Waals surface area contributed by atoms with Crippen LogP contribution in [0.2, 0.25) is 5.02 Å². The van der Waals surface area contributed by atoms with Crippen LogP contribution >= 0.6 is 11.6 Å². The van der Waals surface area contributed by atoms with Crippen molar-refractivity contribution in [1.29, 1.82) is 0 Å². The lowest BCUT2D eigenvalue weighted by Gasteiger charge is -2.18. The molecule has 2 aromatic rings. The van der Waals surface area contributed by atoms with Crippen LogP contribution in [0.3, 0.4) is 0 Å². The van der Waals surface area contributed by atoms with Crippen molar-refractivity contribution in [2.75, 3.05) is 7.11 Å². The summed E-state index contributed by atoms with van der Waals surface area (Å²) in [6.45, 7) is 5.56. The van der Waals surface area contributed by atoms with Crippen molar-refractivity contribution in [3.8, 4) is 11.5 Å². The number of hydrogen-bond acceptors (Lipinski definition) is 4. The molecule has 26 heavy (non-hydrogen) atoms. The second-order valence-electron chi connectivity index (χ2n) is 6.52. The standard InChI is InChI=1S/C19H21ClFNO3S/c1-19(2,3)26(23)22-11-13-9-14(21)10-18(20)17(13)12-25-16-7-5-15(24-4)6-8-16/h5-11H,12H2,1-4H3/b22-11+. The van der Waals surface area contributed by atoms with Crippen molar-refractivity contribution in [3.63, 3.8) is 0 Å². The van der Waals surface area contributed by atoms with Crippen LogP contribution in [0.15, 0.2) is 40.8 Å². The summed E-state index contributed by atoms with van der Waals surface area (Å²) in [7, 11) is 1.58. The first-order chi connectivity index (χ1) is 12.2. The monoisotopic (exact) mass is 397 g/mol. The van der Waals surface area contributed by atoms with Gasteiger partial charge < -0.3 is 14.0 Å². The van der Waals surface area contributed by atoms with Crippen LogP contribution in [0.4, 0.5) is 4.39 Å². The average molecular weight is 398 g/mol. The zero-order chi connectivity index (χ0) is 19.3. The lowest BCUT2D eigenvalue weighted by Crippen LogP contribution is -2.25. The molecule has 0 aliphatic rings. The second-order valence-corrected chi connectivity index (χ2v) is 8.86. The summed E-state index contributed by atoms with van der Waals surface area (Å²) in [6, 6.07) is 9.58. The van der Waals surface area contributed by atoms with E-state index >= 15 is 0 Å². The van der Waals surface area contributed by atoms with Gasteiger partial charge in [0.25, 0.3) is 0 Å². The molecule has 2 rings (SSSR count). The number of ether oxygens (including phenoxy) is 2. The smallest absolute Gasteiger partial charge is 0.144 e. The first-order valence-electron chi connectivity index (χ1n) is 7.91. The Kier molecular flexibility index (Phi) is 6.92. The van der Waals surface area contributed by atoms with Crippen molar-refractivity contribution < 1.29 is 18.4 Å². The van der Waals surface area contributed by atoms with E-state index in [4.69, 9.17) is 21.1 Å². The number of halogens is 2. The molecule has 7 heteroatoms. The van der Waals surface area contributed by atoms with Crippen LogP contribution in [-0.4, -0.2) is 22.6 Å². The van der Waals surface area contributed by atoms with E-state index in [1.807, 2.05) is 20.8 Å². The maximum Gasteiger partial charge on any atom is 0.144 e. The van der Waals surface area contributed by atoms with Gasteiger partial charge in [0.15, 0.2) is 0 Å². The highest BCUT2D eigenvalue weighted by Gasteiger charge is 2.26. The first-order valence-corrected chi connectivity index (χ1v) is 9.40. The van der Waals surface area contributed by atoms with E-state index in [1.54, 1.807) is 31.4 Å². The van der Waals surface area contributed by atoms with Crippen LogP contribution in [0.1, 0.15) is 31.9 Å². The molecule has 0 aromatic heterocycles. The molecule has 1 atom stereocenters. The largest absolute Gasteiger partial charge is 0.591 e. The van der Waals surface area contributed by atoms with Gasteiger partial charge in [-0.1, -0.05) is 16.0 Å². The summed E-state index contributed by atoms with van der Waals surface area (Å²) >= 11 is 4.72. The summed E-state index contributed by atoms with van der Waals surface area (Å²) in [5, 5.41) is 0.224. The zero-order valence-electron chi connectivity index (χ0n) is 15.1. The van der Waals surface area contributed by atoms with Gasteiger partial charge >= 0.3 is 0 Å². The number of hydrogen-bond donors (Lipinski definition) is 0. The summed E-state index contributed by atoms with van der Waals surface area (Å²) in [4.78, 5) is 0. The topological polar surface area (TPSA) is 53.9 Å². The minimum Gasteiger partial charge on any atom is -0.591 e. The van der Waals surface area contributed by atoms with Gasteiger partial charge in [-0.15, -0.1) is 0 Å². The number of rotatable bonds is 6. The average Bonchev–Trinajstić information content (AvgIpc) is 2.58. The highest BCUT2D eigenvalue weighted by atomic mass is 35.5. The van der Waals surface area contributed by atoms with Crippen molar-refractivity contribution >= 4 is 29.2 Å². The predicted molar refractivity (Wildman–Crippen MR) is 104 cm³/mol. The van der Waals surface area contributed by atoms with E-state index < -0.39 is 21.9 Å². The van der Waals surface area contributed by atoms with Crippen molar-refractivity contribution in [3.05, 3.63) is 58.4 Å². The fourth-order valence-corrected chi connectivity index (χ4v) is 2.77. The Labute approximate surface area is 161 Å². The fourth-order valence-electron chi connectivity index (χ4n) is 1.98. The van der Waals surface area contributed by atoms with Crippen molar-refractivity contribution in [2.24, 2.45) is 4.40 Å². The van der Waals surface area contributed by atoms with Crippen LogP contribution in [0, 0.1) is 5.82 Å². The first kappa shape index (κ1) is 20.6. The molecule has 2 aromatic carbocycles. The maximum atomic E-state index is 13.7. The highest BCUT2D eigenvalue weighted by molar-refractivity contribution is 7.91. The normalized spacial score (nSPS) is 13.0. The molecule has 1 unspecified atom stereocenters. The molecule has 0 N–H and O–H groups in total. The number of benzene rings is 2. The molecule has 0 heterocycles. The molecule has 0 amide bonds. The van der Waals surface area contributed by atoms with E-state index in [0.717, 1.165) is 5.75 Å². The lowest BCUT2D eigenvalue weighted by molar-refractivity contribution is 0.305. The van der Waals surface area contributed by atoms with Gasteiger partial charge in [0.05, 0.1) is 18.3 Å². The Bertz CT molecular complexity index is 776. The molecular formula is C19H21ClFNO3S. The van der Waals surface area contributed by atoms with E-state index in [2.05, 4.69) is 4.40 Å². The summed E-state index contributed by atoms with van der Waals surface area (Å²) in [5.74, 6) is 0.841. The van der Waals surface area contributed by atoms with Crippen LogP contribution in [0.5, 0.6) is 11.5 Å². The van der Waals surface area contributed by atoms with E-state index in [0.29, 0.717) is 16.9 Å². The van der Waals surface area contributed by atoms with E-state index in [-0.39, 0.29) is 11.6 Å². The summed E-state index contributed by atoms with van der Waals surface area (Å²) in [6.07, 6.45) is 1.38. The third-order valence-corrected chi connectivity index (χ3v) is 5.13. The van der Waals surface area contributed by atoms with Gasteiger partial charge in [0, 0.05) is 11.1 Å². The minimum atomic E-state index is -1.45. The van der Waals surface area contributed by atoms with Gasteiger partial charge in [-0.3, -0.25) is 0 Å². The number of nitrogens with zero attached hydrogens (tertiary/aromatic N) is 1. The molecule has 0 fully saturated rings. The Balaban J connectivity index is 2.22. The minimum absolute atomic E-state index is 0.120. The molecule has 0 saturated heterocycles. The SMILES string of the molecule is COc1ccc(OCc2c(Cl)cc(F)cc2/C=N/[S+]([O-])C(C)(C)C)cc1. The Hall–Kier alpha value is -1.76. The van der Waals surface area contributed by atoms with E-state index in [9.17, 15) is 8.94 Å².